The summed E-state index contributed by atoms with van der Waals surface area (Å²) in [5, 5.41) is 9.01. The summed E-state index contributed by atoms with van der Waals surface area (Å²) in [5.41, 5.74) is 8.74. The molecule has 0 spiro atoms. The third kappa shape index (κ3) is 8.45. The van der Waals surface area contributed by atoms with Gasteiger partial charge in [-0.05, 0) is 86.3 Å². The van der Waals surface area contributed by atoms with Crippen molar-refractivity contribution >= 4 is 35.1 Å². The Morgan fingerprint density at radius 2 is 1.54 bits per heavy atom. The van der Waals surface area contributed by atoms with Gasteiger partial charge in [-0.2, -0.15) is 0 Å². The summed E-state index contributed by atoms with van der Waals surface area (Å²) in [7, 11) is 1.73. The maximum Gasteiger partial charge on any atom is 0.339 e. The summed E-state index contributed by atoms with van der Waals surface area (Å²) in [5.74, 6) is -2.01. The molecule has 0 saturated carbocycles. The number of nitrogens with two attached hydrogens (primary N) is 1. The van der Waals surface area contributed by atoms with Crippen LogP contribution in [0.4, 0.5) is 11.4 Å². The lowest BCUT2D eigenvalue weighted by Crippen LogP contribution is -2.37. The number of nitrogens with one attached hydrogen (secondary N) is 3. The van der Waals surface area contributed by atoms with E-state index in [1.807, 2.05) is 18.2 Å². The van der Waals surface area contributed by atoms with E-state index >= 15 is 0 Å². The second-order valence-corrected chi connectivity index (χ2v) is 12.9. The Labute approximate surface area is 280 Å². The molecule has 5 N–H and O–H groups in total. The number of esters is 1. The van der Waals surface area contributed by atoms with E-state index in [1.165, 1.54) is 17.7 Å². The highest BCUT2D eigenvalue weighted by Gasteiger charge is 2.27. The van der Waals surface area contributed by atoms with Gasteiger partial charge in [0.2, 0.25) is 5.91 Å². The van der Waals surface area contributed by atoms with Gasteiger partial charge in [-0.1, -0.05) is 48.5 Å². The number of carbonyl (C=O) groups is 4. The first-order valence-electron chi connectivity index (χ1n) is 15.9. The standard InChI is InChI=1S/C38H41N5O5/c1-38(2,3)48-37(47)33-20-26(35(45)42-29-17-18-43(23-29)22-24-9-6-5-7-10-24)13-15-31(33)30-16-14-27(40-4)21-32(30)36(46)41-28-12-8-11-25(19-28)34(39)44/h5-16,19-21,29,40H,17-18,22-23H2,1-4H3,(H2,39,44)(H,41,46)(H,42,45). The van der Waals surface area contributed by atoms with Gasteiger partial charge in [0.05, 0.1) is 5.56 Å². The fourth-order valence-electron chi connectivity index (χ4n) is 5.70. The minimum atomic E-state index is -0.805. The largest absolute Gasteiger partial charge is 0.456 e. The molecule has 4 aromatic carbocycles. The van der Waals surface area contributed by atoms with Crippen molar-refractivity contribution in [2.75, 3.05) is 30.8 Å². The predicted octanol–water partition coefficient (Wildman–Crippen LogP) is 5.71. The highest BCUT2D eigenvalue weighted by atomic mass is 16.6. The number of likely N-dealkylation sites (tertiary alicyclic amines) is 1. The maximum atomic E-state index is 13.7. The Hall–Kier alpha value is -5.48. The molecule has 10 heteroatoms. The first kappa shape index (κ1) is 33.9. The zero-order chi connectivity index (χ0) is 34.4. The van der Waals surface area contributed by atoms with Gasteiger partial charge in [0, 0.05) is 60.8 Å². The smallest absolute Gasteiger partial charge is 0.339 e. The van der Waals surface area contributed by atoms with Crippen molar-refractivity contribution in [3.63, 3.8) is 0 Å². The Balaban J connectivity index is 1.45. The van der Waals surface area contributed by atoms with Crippen LogP contribution >= 0.6 is 0 Å². The molecule has 1 fully saturated rings. The van der Waals surface area contributed by atoms with E-state index in [2.05, 4.69) is 33.0 Å². The van der Waals surface area contributed by atoms with Gasteiger partial charge in [-0.15, -0.1) is 0 Å². The molecule has 4 aromatic rings. The second kappa shape index (κ2) is 14.5. The van der Waals surface area contributed by atoms with Gasteiger partial charge in [0.1, 0.15) is 5.60 Å². The lowest BCUT2D eigenvalue weighted by molar-refractivity contribution is 0.00701. The number of amides is 3. The number of rotatable bonds is 10. The minimum absolute atomic E-state index is 0.0386. The van der Waals surface area contributed by atoms with Crippen molar-refractivity contribution in [1.82, 2.24) is 10.2 Å². The summed E-state index contributed by atoms with van der Waals surface area (Å²) < 4.78 is 5.77. The van der Waals surface area contributed by atoms with Crippen molar-refractivity contribution in [1.29, 1.82) is 0 Å². The molecular weight excluding hydrogens is 606 g/mol. The molecule has 10 nitrogen and oxygen atoms in total. The number of hydrogen-bond acceptors (Lipinski definition) is 7. The summed E-state index contributed by atoms with van der Waals surface area (Å²) in [4.78, 5) is 55.0. The fourth-order valence-corrected chi connectivity index (χ4v) is 5.70. The molecule has 0 aliphatic carbocycles. The van der Waals surface area contributed by atoms with Gasteiger partial charge < -0.3 is 26.4 Å². The number of ether oxygens (including phenoxy) is 1. The molecule has 1 saturated heterocycles. The summed E-state index contributed by atoms with van der Waals surface area (Å²) >= 11 is 0. The summed E-state index contributed by atoms with van der Waals surface area (Å²) in [6.07, 6.45) is 0.814. The number of hydrogen-bond donors (Lipinski definition) is 4. The Morgan fingerprint density at radius 1 is 0.812 bits per heavy atom. The Bertz CT molecular complexity index is 1830. The molecule has 5 rings (SSSR count). The van der Waals surface area contributed by atoms with E-state index in [4.69, 9.17) is 10.5 Å². The number of primary amides is 1. The highest BCUT2D eigenvalue weighted by molar-refractivity contribution is 6.12. The molecule has 3 amide bonds. The molecule has 1 heterocycles. The second-order valence-electron chi connectivity index (χ2n) is 12.9. The number of benzene rings is 4. The van der Waals surface area contributed by atoms with Crippen LogP contribution in [0.1, 0.15) is 74.2 Å². The lowest BCUT2D eigenvalue weighted by atomic mass is 9.92. The van der Waals surface area contributed by atoms with Crippen molar-refractivity contribution in [2.24, 2.45) is 5.73 Å². The number of nitrogens with zero attached hydrogens (tertiary/aromatic N) is 1. The van der Waals surface area contributed by atoms with Crippen LogP contribution in [0.15, 0.2) is 91.0 Å². The third-order valence-corrected chi connectivity index (χ3v) is 8.01. The van der Waals surface area contributed by atoms with E-state index in [1.54, 1.807) is 76.3 Å². The van der Waals surface area contributed by atoms with Crippen LogP contribution in [-0.4, -0.2) is 60.4 Å². The molecule has 48 heavy (non-hydrogen) atoms. The van der Waals surface area contributed by atoms with Gasteiger partial charge in [0.25, 0.3) is 11.8 Å². The van der Waals surface area contributed by atoms with E-state index < -0.39 is 23.4 Å². The summed E-state index contributed by atoms with van der Waals surface area (Å²) in [6.45, 7) is 7.69. The summed E-state index contributed by atoms with van der Waals surface area (Å²) in [6, 6.07) is 26.6. The normalized spacial score (nSPS) is 14.6. The van der Waals surface area contributed by atoms with Crippen LogP contribution in [-0.2, 0) is 11.3 Å². The third-order valence-electron chi connectivity index (χ3n) is 8.01. The van der Waals surface area contributed by atoms with Crippen LogP contribution in [0.3, 0.4) is 0 Å². The minimum Gasteiger partial charge on any atom is -0.456 e. The van der Waals surface area contributed by atoms with Crippen LogP contribution in [0, 0.1) is 0 Å². The SMILES string of the molecule is CNc1ccc(-c2ccc(C(=O)NC3CCN(Cc4ccccc4)C3)cc2C(=O)OC(C)(C)C)c(C(=O)Nc2cccc(C(N)=O)c2)c1. The van der Waals surface area contributed by atoms with Gasteiger partial charge in [-0.3, -0.25) is 19.3 Å². The van der Waals surface area contributed by atoms with Gasteiger partial charge in [-0.25, -0.2) is 4.79 Å². The Kier molecular flexibility index (Phi) is 10.2. The van der Waals surface area contributed by atoms with E-state index in [-0.39, 0.29) is 28.6 Å². The molecule has 1 aliphatic rings. The maximum absolute atomic E-state index is 13.7. The van der Waals surface area contributed by atoms with Crippen molar-refractivity contribution in [3.05, 3.63) is 119 Å². The average Bonchev–Trinajstić information content (AvgIpc) is 3.50. The average molecular weight is 648 g/mol. The van der Waals surface area contributed by atoms with Crippen molar-refractivity contribution < 1.29 is 23.9 Å². The molecule has 1 atom stereocenters. The molecule has 0 aromatic heterocycles. The van der Waals surface area contributed by atoms with Gasteiger partial charge >= 0.3 is 5.97 Å². The molecule has 1 aliphatic heterocycles. The van der Waals surface area contributed by atoms with Crippen LogP contribution in [0.25, 0.3) is 11.1 Å². The topological polar surface area (TPSA) is 143 Å². The molecule has 0 radical (unpaired) electrons. The first-order chi connectivity index (χ1) is 22.9. The predicted molar refractivity (Wildman–Crippen MR) is 187 cm³/mol. The first-order valence-corrected chi connectivity index (χ1v) is 15.9. The quantitative estimate of drug-likeness (QED) is 0.162. The van der Waals surface area contributed by atoms with Crippen LogP contribution in [0.2, 0.25) is 0 Å². The van der Waals surface area contributed by atoms with Crippen LogP contribution < -0.4 is 21.7 Å². The van der Waals surface area contributed by atoms with E-state index in [9.17, 15) is 19.2 Å². The molecular formula is C38H41N5O5. The van der Waals surface area contributed by atoms with Gasteiger partial charge in [0.15, 0.2) is 0 Å². The van der Waals surface area contributed by atoms with E-state index in [0.29, 0.717) is 28.1 Å². The number of anilines is 2. The highest BCUT2D eigenvalue weighted by Crippen LogP contribution is 2.32. The monoisotopic (exact) mass is 647 g/mol. The lowest BCUT2D eigenvalue weighted by Gasteiger charge is -2.22. The van der Waals surface area contributed by atoms with Crippen molar-refractivity contribution in [3.8, 4) is 11.1 Å². The fraction of sp³-hybridized carbons (Fsp3) is 0.263. The molecule has 248 valence electrons. The van der Waals surface area contributed by atoms with Crippen molar-refractivity contribution in [2.45, 2.75) is 45.4 Å². The Morgan fingerprint density at radius 3 is 2.25 bits per heavy atom. The molecule has 1 unspecified atom stereocenters. The molecule has 0 bridgehead atoms. The number of carbonyl (C=O) groups excluding carboxylic acids is 4. The zero-order valence-corrected chi connectivity index (χ0v) is 27.6. The zero-order valence-electron chi connectivity index (χ0n) is 27.6. The van der Waals surface area contributed by atoms with Crippen LogP contribution in [0.5, 0.6) is 0 Å². The van der Waals surface area contributed by atoms with E-state index in [0.717, 1.165) is 26.1 Å².